The van der Waals surface area contributed by atoms with E-state index in [-0.39, 0.29) is 12.5 Å². The summed E-state index contributed by atoms with van der Waals surface area (Å²) in [5.74, 6) is 0.173. The van der Waals surface area contributed by atoms with E-state index in [9.17, 15) is 4.79 Å². The Morgan fingerprint density at radius 3 is 2.81 bits per heavy atom. The maximum Gasteiger partial charge on any atom is 0.277 e. The highest BCUT2D eigenvalue weighted by Gasteiger charge is 2.12. The second kappa shape index (κ2) is 8.99. The van der Waals surface area contributed by atoms with Gasteiger partial charge in [0.05, 0.1) is 36.1 Å². The summed E-state index contributed by atoms with van der Waals surface area (Å²) in [4.78, 5) is 15.0. The number of thiophene rings is 1. The molecule has 0 bridgehead atoms. The number of ether oxygens (including phenoxy) is 2. The van der Waals surface area contributed by atoms with Crippen molar-refractivity contribution in [2.75, 3.05) is 37.8 Å². The molecule has 0 saturated carbocycles. The maximum atomic E-state index is 11.8. The van der Waals surface area contributed by atoms with Crippen molar-refractivity contribution >= 4 is 28.5 Å². The molecule has 0 unspecified atom stereocenters. The molecule has 0 aliphatic carbocycles. The Bertz CT molecular complexity index is 805. The van der Waals surface area contributed by atoms with Crippen molar-refractivity contribution in [3.8, 4) is 11.8 Å². The Morgan fingerprint density at radius 2 is 2.08 bits per heavy atom. The van der Waals surface area contributed by atoms with Crippen LogP contribution in [0.3, 0.4) is 0 Å². The fourth-order valence-corrected chi connectivity index (χ4v) is 3.27. The van der Waals surface area contributed by atoms with Crippen LogP contribution < -0.4 is 15.1 Å². The third-order valence-electron chi connectivity index (χ3n) is 3.67. The molecule has 1 aromatic heterocycles. The molecule has 26 heavy (non-hydrogen) atoms. The van der Waals surface area contributed by atoms with Crippen LogP contribution in [0.15, 0.2) is 41.5 Å². The summed E-state index contributed by atoms with van der Waals surface area (Å²) in [7, 11) is 0. The Labute approximate surface area is 155 Å². The van der Waals surface area contributed by atoms with Gasteiger partial charge in [0.25, 0.3) is 5.91 Å². The van der Waals surface area contributed by atoms with Gasteiger partial charge < -0.3 is 14.4 Å². The van der Waals surface area contributed by atoms with Crippen molar-refractivity contribution in [1.29, 1.82) is 5.26 Å². The number of rotatable bonds is 6. The van der Waals surface area contributed by atoms with Gasteiger partial charge in [0, 0.05) is 18.0 Å². The second-order valence-corrected chi connectivity index (χ2v) is 6.59. The van der Waals surface area contributed by atoms with Gasteiger partial charge in [-0.3, -0.25) is 4.79 Å². The van der Waals surface area contributed by atoms with Crippen LogP contribution in [0.5, 0.6) is 5.75 Å². The largest absolute Gasteiger partial charge is 0.484 e. The SMILES string of the molecule is N#Cc1ccc(OCC(=O)N/N=C/c2ccc(N3CCOCC3)s2)cc1. The van der Waals surface area contributed by atoms with E-state index >= 15 is 0 Å². The van der Waals surface area contributed by atoms with Crippen LogP contribution in [0, 0.1) is 11.3 Å². The molecule has 1 saturated heterocycles. The molecule has 134 valence electrons. The molecule has 1 aliphatic heterocycles. The maximum absolute atomic E-state index is 11.8. The monoisotopic (exact) mass is 370 g/mol. The van der Waals surface area contributed by atoms with E-state index in [2.05, 4.69) is 15.4 Å². The Morgan fingerprint density at radius 1 is 1.31 bits per heavy atom. The van der Waals surface area contributed by atoms with Crippen molar-refractivity contribution in [3.05, 3.63) is 46.8 Å². The Kier molecular flexibility index (Phi) is 6.19. The quantitative estimate of drug-likeness (QED) is 0.621. The number of hydrogen-bond donors (Lipinski definition) is 1. The third kappa shape index (κ3) is 5.05. The number of carbonyl (C=O) groups excluding carboxylic acids is 1. The second-order valence-electron chi connectivity index (χ2n) is 5.49. The van der Waals surface area contributed by atoms with Crippen molar-refractivity contribution in [2.24, 2.45) is 5.10 Å². The van der Waals surface area contributed by atoms with E-state index in [1.165, 1.54) is 5.00 Å². The van der Waals surface area contributed by atoms with E-state index < -0.39 is 0 Å². The number of morpholine rings is 1. The number of amides is 1. The number of hydrogen-bond acceptors (Lipinski definition) is 7. The summed E-state index contributed by atoms with van der Waals surface area (Å²) in [6, 6.07) is 12.6. The van der Waals surface area contributed by atoms with Gasteiger partial charge in [0.1, 0.15) is 5.75 Å². The van der Waals surface area contributed by atoms with Gasteiger partial charge >= 0.3 is 0 Å². The highest BCUT2D eigenvalue weighted by molar-refractivity contribution is 7.17. The molecule has 0 spiro atoms. The third-order valence-corrected chi connectivity index (χ3v) is 4.75. The molecule has 8 heteroatoms. The molecule has 1 amide bonds. The average Bonchev–Trinajstić information content (AvgIpc) is 3.16. The van der Waals surface area contributed by atoms with Crippen LogP contribution in [0.1, 0.15) is 10.4 Å². The van der Waals surface area contributed by atoms with Crippen LogP contribution >= 0.6 is 11.3 Å². The van der Waals surface area contributed by atoms with Gasteiger partial charge in [-0.15, -0.1) is 11.3 Å². The first-order valence-corrected chi connectivity index (χ1v) is 8.93. The fraction of sp³-hybridized carbons (Fsp3) is 0.278. The molecule has 0 radical (unpaired) electrons. The first-order chi connectivity index (χ1) is 12.7. The fourth-order valence-electron chi connectivity index (χ4n) is 2.34. The lowest BCUT2D eigenvalue weighted by Gasteiger charge is -2.27. The highest BCUT2D eigenvalue weighted by Crippen LogP contribution is 2.25. The average molecular weight is 370 g/mol. The van der Waals surface area contributed by atoms with E-state index in [0.717, 1.165) is 31.2 Å². The molecule has 1 fully saturated rings. The normalized spacial score (nSPS) is 14.2. The minimum atomic E-state index is -0.351. The van der Waals surface area contributed by atoms with Crippen molar-refractivity contribution in [2.45, 2.75) is 0 Å². The zero-order valence-corrected chi connectivity index (χ0v) is 14.9. The number of nitrogens with one attached hydrogen (secondary N) is 1. The Hall–Kier alpha value is -2.89. The van der Waals surface area contributed by atoms with Gasteiger partial charge in [-0.1, -0.05) is 0 Å². The molecule has 7 nitrogen and oxygen atoms in total. The number of anilines is 1. The predicted molar refractivity (Wildman–Crippen MR) is 99.7 cm³/mol. The number of nitrogens with zero attached hydrogens (tertiary/aromatic N) is 3. The first kappa shape index (κ1) is 17.9. The van der Waals surface area contributed by atoms with Crippen LogP contribution in [0.2, 0.25) is 0 Å². The standard InChI is InChI=1S/C18H18N4O3S/c19-11-14-1-3-15(4-2-14)25-13-17(23)21-20-12-16-5-6-18(26-16)22-7-9-24-10-8-22/h1-6,12H,7-10,13H2,(H,21,23)/b20-12+. The minimum Gasteiger partial charge on any atom is -0.484 e. The van der Waals surface area contributed by atoms with Gasteiger partial charge in [0.2, 0.25) is 0 Å². The van der Waals surface area contributed by atoms with E-state index in [4.69, 9.17) is 14.7 Å². The highest BCUT2D eigenvalue weighted by atomic mass is 32.1. The molecule has 1 aliphatic rings. The van der Waals surface area contributed by atoms with Gasteiger partial charge in [-0.25, -0.2) is 5.43 Å². The van der Waals surface area contributed by atoms with Crippen molar-refractivity contribution < 1.29 is 14.3 Å². The van der Waals surface area contributed by atoms with Crippen LogP contribution in [0.4, 0.5) is 5.00 Å². The van der Waals surface area contributed by atoms with Crippen molar-refractivity contribution in [1.82, 2.24) is 5.43 Å². The number of hydrazone groups is 1. The number of nitriles is 1. The summed E-state index contributed by atoms with van der Waals surface area (Å²) in [5, 5.41) is 13.9. The zero-order chi connectivity index (χ0) is 18.2. The molecule has 0 atom stereocenters. The Balaban J connectivity index is 1.43. The number of benzene rings is 1. The molecule has 3 rings (SSSR count). The zero-order valence-electron chi connectivity index (χ0n) is 14.1. The lowest BCUT2D eigenvalue weighted by Crippen LogP contribution is -2.35. The summed E-state index contributed by atoms with van der Waals surface area (Å²) in [6.07, 6.45) is 1.62. The summed E-state index contributed by atoms with van der Waals surface area (Å²) in [5.41, 5.74) is 2.98. The van der Waals surface area contributed by atoms with Crippen molar-refractivity contribution in [3.63, 3.8) is 0 Å². The summed E-state index contributed by atoms with van der Waals surface area (Å²) < 4.78 is 10.7. The number of carbonyl (C=O) groups is 1. The van der Waals surface area contributed by atoms with E-state index in [1.54, 1.807) is 41.8 Å². The van der Waals surface area contributed by atoms with Crippen LogP contribution in [0.25, 0.3) is 0 Å². The predicted octanol–water partition coefficient (Wildman–Crippen LogP) is 1.99. The van der Waals surface area contributed by atoms with Gasteiger partial charge in [-0.05, 0) is 36.4 Å². The molecule has 2 aromatic rings. The van der Waals surface area contributed by atoms with E-state index in [1.807, 2.05) is 18.2 Å². The van der Waals surface area contributed by atoms with E-state index in [0.29, 0.717) is 11.3 Å². The lowest BCUT2D eigenvalue weighted by atomic mass is 10.2. The summed E-state index contributed by atoms with van der Waals surface area (Å²) >= 11 is 1.62. The molecule has 1 aromatic carbocycles. The molecule has 2 heterocycles. The molecular weight excluding hydrogens is 352 g/mol. The molecule has 1 N–H and O–H groups in total. The minimum absolute atomic E-state index is 0.146. The molecular formula is C18H18N4O3S. The van der Waals surface area contributed by atoms with Gasteiger partial charge in [-0.2, -0.15) is 10.4 Å². The smallest absolute Gasteiger partial charge is 0.277 e. The van der Waals surface area contributed by atoms with Crippen LogP contribution in [-0.4, -0.2) is 45.0 Å². The topological polar surface area (TPSA) is 86.9 Å². The lowest BCUT2D eigenvalue weighted by molar-refractivity contribution is -0.123. The van der Waals surface area contributed by atoms with Crippen LogP contribution in [-0.2, 0) is 9.53 Å². The summed E-state index contributed by atoms with van der Waals surface area (Å²) in [6.45, 7) is 3.13. The first-order valence-electron chi connectivity index (χ1n) is 8.12. The van der Waals surface area contributed by atoms with Gasteiger partial charge in [0.15, 0.2) is 6.61 Å².